The number of hydrogen-bond acceptors (Lipinski definition) is 4. The Hall–Kier alpha value is -1.60. The van der Waals surface area contributed by atoms with Gasteiger partial charge < -0.3 is 9.64 Å². The number of aromatic nitrogens is 1. The van der Waals surface area contributed by atoms with Gasteiger partial charge in [0.2, 0.25) is 5.88 Å². The molecule has 0 spiro atoms. The van der Waals surface area contributed by atoms with E-state index in [1.54, 1.807) is 6.20 Å². The molecule has 1 aliphatic heterocycles. The number of likely N-dealkylation sites (tertiary alicyclic amines) is 1. The highest BCUT2D eigenvalue weighted by molar-refractivity contribution is 9.10. The summed E-state index contributed by atoms with van der Waals surface area (Å²) >= 11 is 4.95. The highest BCUT2D eigenvalue weighted by atomic mass is 79.9. The lowest BCUT2D eigenvalue weighted by Crippen LogP contribution is -2.43. The summed E-state index contributed by atoms with van der Waals surface area (Å²) in [5.74, 6) is 0.615. The molecular weight excluding hydrogens is 366 g/mol. The zero-order valence-electron chi connectivity index (χ0n) is 11.9. The molecule has 1 N–H and O–H groups in total. The molecule has 0 aliphatic carbocycles. The molecule has 0 aromatic carbocycles. The molecule has 5 nitrogen and oxygen atoms in total. The summed E-state index contributed by atoms with van der Waals surface area (Å²) in [4.78, 5) is 18.2. The number of ether oxygens (including phenoxy) is 1. The molecule has 0 saturated carbocycles. The monoisotopic (exact) mass is 381 g/mol. The Morgan fingerprint density at radius 3 is 2.86 bits per heavy atom. The molecule has 3 rings (SSSR count). The van der Waals surface area contributed by atoms with Gasteiger partial charge in [-0.1, -0.05) is 0 Å². The van der Waals surface area contributed by atoms with Gasteiger partial charge in [-0.3, -0.25) is 5.32 Å². The first kappa shape index (κ1) is 15.3. The van der Waals surface area contributed by atoms with Crippen LogP contribution in [-0.4, -0.2) is 35.1 Å². The van der Waals surface area contributed by atoms with Gasteiger partial charge in [-0.2, -0.15) is 0 Å². The van der Waals surface area contributed by atoms with E-state index in [0.717, 1.165) is 22.3 Å². The summed E-state index contributed by atoms with van der Waals surface area (Å²) in [6.45, 7) is 1.37. The van der Waals surface area contributed by atoms with E-state index in [9.17, 15) is 4.79 Å². The van der Waals surface area contributed by atoms with Crippen LogP contribution in [0.2, 0.25) is 0 Å². The predicted molar refractivity (Wildman–Crippen MR) is 90.5 cm³/mol. The Balaban J connectivity index is 1.50. The fourth-order valence-electron chi connectivity index (χ4n) is 2.33. The van der Waals surface area contributed by atoms with Crippen molar-refractivity contribution < 1.29 is 9.53 Å². The van der Waals surface area contributed by atoms with E-state index in [2.05, 4.69) is 26.2 Å². The molecule has 7 heteroatoms. The van der Waals surface area contributed by atoms with E-state index in [1.807, 2.05) is 34.5 Å². The van der Waals surface area contributed by atoms with Crippen LogP contribution in [0.4, 0.5) is 9.80 Å². The van der Waals surface area contributed by atoms with Crippen LogP contribution in [0.3, 0.4) is 0 Å². The van der Waals surface area contributed by atoms with Gasteiger partial charge in [-0.15, -0.1) is 11.3 Å². The van der Waals surface area contributed by atoms with Crippen molar-refractivity contribution in [2.75, 3.05) is 18.4 Å². The van der Waals surface area contributed by atoms with Crippen molar-refractivity contribution >= 4 is 38.3 Å². The lowest BCUT2D eigenvalue weighted by Gasteiger charge is -2.31. The van der Waals surface area contributed by atoms with Gasteiger partial charge in [0.05, 0.1) is 9.47 Å². The highest BCUT2D eigenvalue weighted by Gasteiger charge is 2.24. The molecule has 116 valence electrons. The summed E-state index contributed by atoms with van der Waals surface area (Å²) in [5, 5.41) is 5.73. The van der Waals surface area contributed by atoms with Crippen LogP contribution >= 0.6 is 27.3 Å². The summed E-state index contributed by atoms with van der Waals surface area (Å²) in [6, 6.07) is 7.54. The van der Waals surface area contributed by atoms with Crippen molar-refractivity contribution in [2.24, 2.45) is 0 Å². The number of thiophene rings is 1. The molecule has 0 atom stereocenters. The number of amides is 2. The highest BCUT2D eigenvalue weighted by Crippen LogP contribution is 2.25. The number of halogens is 1. The minimum absolute atomic E-state index is 0.0417. The Bertz CT molecular complexity index is 627. The predicted octanol–water partition coefficient (Wildman–Crippen LogP) is 3.98. The number of nitrogens with one attached hydrogen (secondary N) is 1. The van der Waals surface area contributed by atoms with Crippen LogP contribution in [0.15, 0.2) is 40.3 Å². The molecule has 2 aromatic rings. The number of pyridine rings is 1. The second kappa shape index (κ2) is 7.11. The second-order valence-corrected chi connectivity index (χ2v) is 6.80. The average molecular weight is 382 g/mol. The van der Waals surface area contributed by atoms with Crippen LogP contribution in [-0.2, 0) is 0 Å². The number of piperidine rings is 1. The molecule has 1 fully saturated rings. The number of urea groups is 1. The normalized spacial score (nSPS) is 15.6. The zero-order chi connectivity index (χ0) is 15.4. The van der Waals surface area contributed by atoms with Crippen molar-refractivity contribution in [3.63, 3.8) is 0 Å². The summed E-state index contributed by atoms with van der Waals surface area (Å²) in [5.41, 5.74) is 0. The summed E-state index contributed by atoms with van der Waals surface area (Å²) in [7, 11) is 0. The van der Waals surface area contributed by atoms with Gasteiger partial charge in [-0.05, 0) is 45.6 Å². The first-order valence-electron chi connectivity index (χ1n) is 7.09. The van der Waals surface area contributed by atoms with Crippen LogP contribution in [0, 0.1) is 0 Å². The Morgan fingerprint density at radius 1 is 1.36 bits per heavy atom. The van der Waals surface area contributed by atoms with E-state index in [-0.39, 0.29) is 12.1 Å². The molecule has 2 aromatic heterocycles. The molecule has 0 bridgehead atoms. The molecule has 0 unspecified atom stereocenters. The Labute approximate surface area is 141 Å². The molecule has 22 heavy (non-hydrogen) atoms. The van der Waals surface area contributed by atoms with E-state index in [4.69, 9.17) is 4.74 Å². The van der Waals surface area contributed by atoms with E-state index in [0.29, 0.717) is 19.0 Å². The third kappa shape index (κ3) is 3.78. The number of hydrogen-bond donors (Lipinski definition) is 1. The average Bonchev–Trinajstić information content (AvgIpc) is 3.03. The van der Waals surface area contributed by atoms with Gasteiger partial charge in [0.15, 0.2) is 0 Å². The van der Waals surface area contributed by atoms with Crippen molar-refractivity contribution in [2.45, 2.75) is 18.9 Å². The first-order chi connectivity index (χ1) is 10.7. The van der Waals surface area contributed by atoms with Crippen LogP contribution in [0.5, 0.6) is 5.88 Å². The quantitative estimate of drug-likeness (QED) is 0.874. The molecule has 2 amide bonds. The third-order valence-electron chi connectivity index (χ3n) is 3.48. The van der Waals surface area contributed by atoms with Gasteiger partial charge in [0.25, 0.3) is 0 Å². The number of carbonyl (C=O) groups is 1. The smallest absolute Gasteiger partial charge is 0.322 e. The van der Waals surface area contributed by atoms with Crippen LogP contribution in [0.25, 0.3) is 0 Å². The van der Waals surface area contributed by atoms with Crippen molar-refractivity contribution in [3.8, 4) is 5.88 Å². The Morgan fingerprint density at radius 2 is 2.18 bits per heavy atom. The van der Waals surface area contributed by atoms with Crippen LogP contribution in [0.1, 0.15) is 12.8 Å². The van der Waals surface area contributed by atoms with Gasteiger partial charge in [0.1, 0.15) is 6.10 Å². The second-order valence-electron chi connectivity index (χ2n) is 5.00. The fourth-order valence-corrected chi connectivity index (χ4v) is 3.28. The summed E-state index contributed by atoms with van der Waals surface area (Å²) in [6.07, 6.45) is 3.42. The minimum Gasteiger partial charge on any atom is -0.473 e. The maximum Gasteiger partial charge on any atom is 0.322 e. The fraction of sp³-hybridized carbons (Fsp3) is 0.333. The molecular formula is C15H16BrN3O2S. The Kier molecular flexibility index (Phi) is 4.94. The van der Waals surface area contributed by atoms with E-state index in [1.165, 1.54) is 11.3 Å². The van der Waals surface area contributed by atoms with Crippen molar-refractivity contribution in [1.82, 2.24) is 9.88 Å². The minimum atomic E-state index is -0.0417. The zero-order valence-corrected chi connectivity index (χ0v) is 14.3. The lowest BCUT2D eigenvalue weighted by atomic mass is 10.1. The number of nitrogens with zero attached hydrogens (tertiary/aromatic N) is 2. The number of rotatable bonds is 3. The van der Waals surface area contributed by atoms with Crippen LogP contribution < -0.4 is 10.1 Å². The maximum atomic E-state index is 12.1. The summed E-state index contributed by atoms with van der Waals surface area (Å²) < 4.78 is 6.76. The maximum absolute atomic E-state index is 12.1. The largest absolute Gasteiger partial charge is 0.473 e. The SMILES string of the molecule is O=C(Nc1cccs1)N1CCC(Oc2ncccc2Br)CC1. The van der Waals surface area contributed by atoms with Gasteiger partial charge in [-0.25, -0.2) is 9.78 Å². The third-order valence-corrected chi connectivity index (χ3v) is 4.87. The van der Waals surface area contributed by atoms with Crippen molar-refractivity contribution in [1.29, 1.82) is 0 Å². The van der Waals surface area contributed by atoms with Crippen molar-refractivity contribution in [3.05, 3.63) is 40.3 Å². The molecule has 1 saturated heterocycles. The van der Waals surface area contributed by atoms with Gasteiger partial charge in [0, 0.05) is 32.1 Å². The van der Waals surface area contributed by atoms with E-state index >= 15 is 0 Å². The lowest BCUT2D eigenvalue weighted by molar-refractivity contribution is 0.111. The molecule has 0 radical (unpaired) electrons. The molecule has 3 heterocycles. The van der Waals surface area contributed by atoms with Gasteiger partial charge >= 0.3 is 6.03 Å². The van der Waals surface area contributed by atoms with E-state index < -0.39 is 0 Å². The first-order valence-corrected chi connectivity index (χ1v) is 8.76. The standard InChI is InChI=1S/C15H16BrN3O2S/c16-12-3-1-7-17-14(12)21-11-5-8-19(9-6-11)15(20)18-13-4-2-10-22-13/h1-4,7,10-11H,5-6,8-9H2,(H,18,20). The topological polar surface area (TPSA) is 54.5 Å². The number of carbonyl (C=O) groups excluding carboxylic acids is 1. The molecule has 1 aliphatic rings. The number of anilines is 1.